The summed E-state index contributed by atoms with van der Waals surface area (Å²) < 4.78 is 23.9. The van der Waals surface area contributed by atoms with Crippen molar-refractivity contribution < 1.29 is 18.7 Å². The summed E-state index contributed by atoms with van der Waals surface area (Å²) in [5.41, 5.74) is -0.0792. The third-order valence-electron chi connectivity index (χ3n) is 2.35. The van der Waals surface area contributed by atoms with Gasteiger partial charge in [-0.2, -0.15) is 4.39 Å². The van der Waals surface area contributed by atoms with Gasteiger partial charge in [-0.15, -0.1) is 0 Å². The van der Waals surface area contributed by atoms with E-state index in [1.54, 1.807) is 45.0 Å². The Morgan fingerprint density at radius 3 is 2.47 bits per heavy atom. The molecule has 0 aromatic heterocycles. The first kappa shape index (κ1) is 12.0. The fourth-order valence-corrected chi connectivity index (χ4v) is 1.55. The minimum absolute atomic E-state index is 0.640. The number of carbonyl (C=O) groups is 1. The molecule has 1 heterocycles. The van der Waals surface area contributed by atoms with Crippen LogP contribution in [0.3, 0.4) is 0 Å². The second kappa shape index (κ2) is 3.81. The molecule has 92 valence electrons. The molecule has 0 amide bonds. The zero-order valence-corrected chi connectivity index (χ0v) is 10.1. The van der Waals surface area contributed by atoms with E-state index < -0.39 is 23.5 Å². The molecule has 1 aliphatic rings. The van der Waals surface area contributed by atoms with Crippen molar-refractivity contribution in [2.45, 2.75) is 38.3 Å². The van der Waals surface area contributed by atoms with Crippen LogP contribution in [-0.4, -0.2) is 17.4 Å². The highest BCUT2D eigenvalue weighted by Gasteiger charge is 2.67. The van der Waals surface area contributed by atoms with Gasteiger partial charge >= 0.3 is 11.8 Å². The molecule has 2 atom stereocenters. The first-order valence-electron chi connectivity index (χ1n) is 5.48. The predicted octanol–water partition coefficient (Wildman–Crippen LogP) is 2.77. The number of benzene rings is 1. The largest absolute Gasteiger partial charge is 0.456 e. The van der Waals surface area contributed by atoms with Crippen LogP contribution in [0.15, 0.2) is 30.3 Å². The maximum absolute atomic E-state index is 14.1. The molecular weight excluding hydrogens is 223 g/mol. The van der Waals surface area contributed by atoms with Gasteiger partial charge in [0, 0.05) is 0 Å². The van der Waals surface area contributed by atoms with Gasteiger partial charge < -0.3 is 9.47 Å². The Kier molecular flexibility index (Phi) is 2.70. The van der Waals surface area contributed by atoms with E-state index in [1.165, 1.54) is 0 Å². The Labute approximate surface area is 99.5 Å². The van der Waals surface area contributed by atoms with Crippen molar-refractivity contribution in [3.05, 3.63) is 35.9 Å². The van der Waals surface area contributed by atoms with Crippen molar-refractivity contribution in [1.29, 1.82) is 0 Å². The molecule has 0 saturated carbocycles. The first-order chi connectivity index (χ1) is 7.83. The van der Waals surface area contributed by atoms with E-state index in [9.17, 15) is 9.18 Å². The van der Waals surface area contributed by atoms with Crippen LogP contribution in [0.1, 0.15) is 32.4 Å². The average molecular weight is 238 g/mol. The summed E-state index contributed by atoms with van der Waals surface area (Å²) in [5, 5.41) is 0. The highest BCUT2D eigenvalue weighted by Crippen LogP contribution is 2.51. The van der Waals surface area contributed by atoms with Gasteiger partial charge in [0.1, 0.15) is 5.60 Å². The lowest BCUT2D eigenvalue weighted by Crippen LogP contribution is -2.32. The summed E-state index contributed by atoms with van der Waals surface area (Å²) in [7, 11) is 0. The van der Waals surface area contributed by atoms with E-state index in [2.05, 4.69) is 0 Å². The Bertz CT molecular complexity index is 424. The monoisotopic (exact) mass is 238 g/mol. The molecule has 4 heteroatoms. The molecule has 3 nitrogen and oxygen atoms in total. The number of halogens is 1. The minimum atomic E-state index is -2.32. The van der Waals surface area contributed by atoms with Gasteiger partial charge in [-0.25, -0.2) is 4.79 Å². The van der Waals surface area contributed by atoms with Gasteiger partial charge in [0.05, 0.1) is 0 Å². The summed E-state index contributed by atoms with van der Waals surface area (Å²) >= 11 is 0. The maximum atomic E-state index is 14.1. The van der Waals surface area contributed by atoms with E-state index >= 15 is 0 Å². The number of ether oxygens (including phenoxy) is 2. The van der Waals surface area contributed by atoms with Crippen molar-refractivity contribution in [3.63, 3.8) is 0 Å². The van der Waals surface area contributed by atoms with Crippen molar-refractivity contribution in [1.82, 2.24) is 0 Å². The van der Waals surface area contributed by atoms with Crippen LogP contribution in [0, 0.1) is 0 Å². The summed E-state index contributed by atoms with van der Waals surface area (Å²) in [4.78, 5) is 11.6. The summed E-state index contributed by atoms with van der Waals surface area (Å²) in [6.07, 6.45) is -0.849. The number of carbonyl (C=O) groups excluding carboxylic acids is 1. The van der Waals surface area contributed by atoms with Gasteiger partial charge in [-0.1, -0.05) is 30.3 Å². The maximum Gasteiger partial charge on any atom is 0.375 e. The van der Waals surface area contributed by atoms with Crippen LogP contribution in [0.4, 0.5) is 4.39 Å². The Balaban J connectivity index is 2.07. The number of esters is 1. The number of hydrogen-bond donors (Lipinski definition) is 0. The van der Waals surface area contributed by atoms with Crippen LogP contribution < -0.4 is 0 Å². The number of alkyl halides is 1. The fourth-order valence-electron chi connectivity index (χ4n) is 1.55. The molecular formula is C13H15FO3. The third kappa shape index (κ3) is 2.47. The lowest BCUT2D eigenvalue weighted by Gasteiger charge is -2.19. The number of hydrogen-bond acceptors (Lipinski definition) is 3. The molecule has 0 radical (unpaired) electrons. The van der Waals surface area contributed by atoms with Crippen molar-refractivity contribution >= 4 is 5.97 Å². The lowest BCUT2D eigenvalue weighted by atomic mass is 10.1. The second-order valence-electron chi connectivity index (χ2n) is 5.06. The van der Waals surface area contributed by atoms with Crippen LogP contribution >= 0.6 is 0 Å². The van der Waals surface area contributed by atoms with Crippen molar-refractivity contribution in [3.8, 4) is 0 Å². The van der Waals surface area contributed by atoms with E-state index in [0.29, 0.717) is 5.56 Å². The van der Waals surface area contributed by atoms with E-state index in [-0.39, 0.29) is 0 Å². The normalized spacial score (nSPS) is 27.6. The van der Waals surface area contributed by atoms with Crippen LogP contribution in [0.5, 0.6) is 0 Å². The molecule has 1 aromatic carbocycles. The summed E-state index contributed by atoms with van der Waals surface area (Å²) in [6.45, 7) is 5.07. The molecule has 0 aliphatic carbocycles. The van der Waals surface area contributed by atoms with Crippen LogP contribution in [-0.2, 0) is 14.3 Å². The first-order valence-corrected chi connectivity index (χ1v) is 5.48. The minimum Gasteiger partial charge on any atom is -0.456 e. The van der Waals surface area contributed by atoms with Crippen LogP contribution in [0.2, 0.25) is 0 Å². The smallest absolute Gasteiger partial charge is 0.375 e. The molecule has 1 aromatic rings. The van der Waals surface area contributed by atoms with Gasteiger partial charge in [0.25, 0.3) is 0 Å². The fraction of sp³-hybridized carbons (Fsp3) is 0.462. The van der Waals surface area contributed by atoms with Crippen molar-refractivity contribution in [2.75, 3.05) is 0 Å². The average Bonchev–Trinajstić information content (AvgIpc) is 2.91. The molecule has 1 saturated heterocycles. The van der Waals surface area contributed by atoms with Crippen LogP contribution in [0.25, 0.3) is 0 Å². The van der Waals surface area contributed by atoms with E-state index in [0.717, 1.165) is 0 Å². The third-order valence-corrected chi connectivity index (χ3v) is 2.35. The van der Waals surface area contributed by atoms with Gasteiger partial charge in [0.2, 0.25) is 0 Å². The van der Waals surface area contributed by atoms with E-state index in [1.807, 2.05) is 6.07 Å². The summed E-state index contributed by atoms with van der Waals surface area (Å²) in [6, 6.07) is 8.80. The van der Waals surface area contributed by atoms with Gasteiger partial charge in [-0.05, 0) is 26.3 Å². The standard InChI is InChI=1S/C13H15FO3/c1-12(2,3)17-11(15)13(14)10(16-13)9-7-5-4-6-8-9/h4-8,10H,1-3H3/t10-,13+/m1/s1. The zero-order valence-electron chi connectivity index (χ0n) is 10.1. The highest BCUT2D eigenvalue weighted by atomic mass is 19.2. The highest BCUT2D eigenvalue weighted by molar-refractivity contribution is 5.82. The zero-order chi connectivity index (χ0) is 12.7. The lowest BCUT2D eigenvalue weighted by molar-refractivity contribution is -0.168. The molecule has 17 heavy (non-hydrogen) atoms. The Morgan fingerprint density at radius 1 is 1.35 bits per heavy atom. The molecule has 0 bridgehead atoms. The summed E-state index contributed by atoms with van der Waals surface area (Å²) in [5.74, 6) is -3.28. The predicted molar refractivity (Wildman–Crippen MR) is 60.0 cm³/mol. The molecule has 0 unspecified atom stereocenters. The van der Waals surface area contributed by atoms with Gasteiger partial charge in [0.15, 0.2) is 6.10 Å². The Hall–Kier alpha value is -1.42. The molecule has 2 rings (SSSR count). The van der Waals surface area contributed by atoms with Gasteiger partial charge in [-0.3, -0.25) is 0 Å². The molecule has 1 fully saturated rings. The molecule has 1 aliphatic heterocycles. The molecule has 0 N–H and O–H groups in total. The topological polar surface area (TPSA) is 38.8 Å². The number of epoxide rings is 1. The second-order valence-corrected chi connectivity index (χ2v) is 5.06. The quantitative estimate of drug-likeness (QED) is 0.587. The number of rotatable bonds is 2. The van der Waals surface area contributed by atoms with E-state index in [4.69, 9.17) is 9.47 Å². The van der Waals surface area contributed by atoms with Crippen molar-refractivity contribution in [2.24, 2.45) is 0 Å². The Morgan fingerprint density at radius 2 is 1.94 bits per heavy atom. The SMILES string of the molecule is CC(C)(C)OC(=O)[C@@]1(F)O[C@@H]1c1ccccc1. The molecule has 0 spiro atoms.